The second-order valence-electron chi connectivity index (χ2n) is 8.56. The van der Waals surface area contributed by atoms with E-state index in [-0.39, 0.29) is 18.5 Å². The van der Waals surface area contributed by atoms with Crippen LogP contribution in [0.25, 0.3) is 0 Å². The number of amides is 4. The normalized spacial score (nSPS) is 14.7. The maximum Gasteiger partial charge on any atom is 0.326 e. The minimum Gasteiger partial charge on any atom is -0.480 e. The van der Waals surface area contributed by atoms with Crippen LogP contribution in [-0.2, 0) is 19.2 Å². The number of rotatable bonds is 14. The predicted molar refractivity (Wildman–Crippen MR) is 135 cm³/mol. The van der Waals surface area contributed by atoms with Gasteiger partial charge in [0.15, 0.2) is 0 Å². The SMILES string of the molecule is CC[C@H](NC(=O)C[C@H](NC(=O)[C@H](CO)NC(=O)C(NC(=O)c1ccc[nH]1)[C@H](C)O)c1ccccc1)C(=O)O. The molecule has 206 valence electrons. The molecule has 5 atom stereocenters. The summed E-state index contributed by atoms with van der Waals surface area (Å²) in [5.74, 6) is -4.24. The molecule has 1 aromatic heterocycles. The Morgan fingerprint density at radius 1 is 0.895 bits per heavy atom. The first kappa shape index (κ1) is 30.0. The molecule has 0 saturated carbocycles. The summed E-state index contributed by atoms with van der Waals surface area (Å²) in [6, 6.07) is 6.51. The Labute approximate surface area is 219 Å². The maximum absolute atomic E-state index is 13.0. The van der Waals surface area contributed by atoms with E-state index in [0.29, 0.717) is 5.56 Å². The van der Waals surface area contributed by atoms with E-state index in [2.05, 4.69) is 26.3 Å². The number of aliphatic hydroxyl groups is 2. The van der Waals surface area contributed by atoms with Crippen molar-refractivity contribution in [1.29, 1.82) is 0 Å². The first-order valence-corrected chi connectivity index (χ1v) is 12.0. The Balaban J connectivity index is 2.13. The molecule has 2 rings (SSSR count). The zero-order valence-electron chi connectivity index (χ0n) is 21.0. The van der Waals surface area contributed by atoms with Crippen LogP contribution in [0.1, 0.15) is 48.8 Å². The van der Waals surface area contributed by atoms with E-state index in [4.69, 9.17) is 0 Å². The number of carboxylic acid groups (broad SMARTS) is 1. The largest absolute Gasteiger partial charge is 0.480 e. The summed E-state index contributed by atoms with van der Waals surface area (Å²) in [4.78, 5) is 64.6. The highest BCUT2D eigenvalue weighted by molar-refractivity contribution is 5.97. The number of aliphatic carboxylic acids is 1. The first-order valence-electron chi connectivity index (χ1n) is 12.0. The second kappa shape index (κ2) is 14.5. The lowest BCUT2D eigenvalue weighted by atomic mass is 10.0. The van der Waals surface area contributed by atoms with E-state index >= 15 is 0 Å². The molecule has 13 nitrogen and oxygen atoms in total. The molecule has 4 amide bonds. The Bertz CT molecular complexity index is 1090. The van der Waals surface area contributed by atoms with Crippen molar-refractivity contribution in [2.75, 3.05) is 6.61 Å². The molecule has 0 aliphatic carbocycles. The molecule has 0 aliphatic rings. The zero-order valence-corrected chi connectivity index (χ0v) is 21.0. The average molecular weight is 532 g/mol. The van der Waals surface area contributed by atoms with E-state index in [1.807, 2.05) is 0 Å². The van der Waals surface area contributed by atoms with Crippen LogP contribution in [0.15, 0.2) is 48.7 Å². The van der Waals surface area contributed by atoms with Crippen molar-refractivity contribution in [3.05, 3.63) is 59.9 Å². The summed E-state index contributed by atoms with van der Waals surface area (Å²) in [6.45, 7) is 2.06. The number of aliphatic hydroxyl groups excluding tert-OH is 2. The number of carbonyl (C=O) groups excluding carboxylic acids is 4. The van der Waals surface area contributed by atoms with Gasteiger partial charge in [-0.2, -0.15) is 0 Å². The fourth-order valence-electron chi connectivity index (χ4n) is 3.54. The van der Waals surface area contributed by atoms with Crippen molar-refractivity contribution in [2.24, 2.45) is 0 Å². The molecular formula is C25H33N5O8. The van der Waals surface area contributed by atoms with Crippen LogP contribution in [0.5, 0.6) is 0 Å². The Morgan fingerprint density at radius 2 is 1.58 bits per heavy atom. The molecule has 0 saturated heterocycles. The smallest absolute Gasteiger partial charge is 0.326 e. The molecule has 38 heavy (non-hydrogen) atoms. The molecule has 0 spiro atoms. The lowest BCUT2D eigenvalue weighted by Gasteiger charge is -2.26. The molecule has 1 unspecified atom stereocenters. The van der Waals surface area contributed by atoms with Crippen LogP contribution in [0.3, 0.4) is 0 Å². The van der Waals surface area contributed by atoms with Gasteiger partial charge in [0.25, 0.3) is 5.91 Å². The Morgan fingerprint density at radius 3 is 2.11 bits per heavy atom. The third-order valence-corrected chi connectivity index (χ3v) is 5.66. The number of aromatic nitrogens is 1. The van der Waals surface area contributed by atoms with Crippen LogP contribution in [-0.4, -0.2) is 80.7 Å². The summed E-state index contributed by atoms with van der Waals surface area (Å²) in [7, 11) is 0. The molecule has 0 aliphatic heterocycles. The number of aromatic amines is 1. The summed E-state index contributed by atoms with van der Waals surface area (Å²) in [5, 5.41) is 38.7. The van der Waals surface area contributed by atoms with Crippen LogP contribution in [0.4, 0.5) is 0 Å². The number of nitrogens with one attached hydrogen (secondary N) is 5. The topological polar surface area (TPSA) is 210 Å². The van der Waals surface area contributed by atoms with Crippen LogP contribution in [0, 0.1) is 0 Å². The van der Waals surface area contributed by atoms with Crippen molar-refractivity contribution in [2.45, 2.75) is 57.0 Å². The highest BCUT2D eigenvalue weighted by Crippen LogP contribution is 2.17. The minimum atomic E-state index is -1.48. The van der Waals surface area contributed by atoms with E-state index in [1.54, 1.807) is 43.3 Å². The highest BCUT2D eigenvalue weighted by Gasteiger charge is 2.31. The van der Waals surface area contributed by atoms with Crippen LogP contribution < -0.4 is 21.3 Å². The maximum atomic E-state index is 13.0. The van der Waals surface area contributed by atoms with E-state index in [1.165, 1.54) is 19.2 Å². The van der Waals surface area contributed by atoms with E-state index < -0.39 is 66.5 Å². The highest BCUT2D eigenvalue weighted by atomic mass is 16.4. The van der Waals surface area contributed by atoms with Crippen molar-refractivity contribution >= 4 is 29.6 Å². The number of benzene rings is 1. The molecule has 0 bridgehead atoms. The quantitative estimate of drug-likeness (QED) is 0.154. The monoisotopic (exact) mass is 531 g/mol. The predicted octanol–water partition coefficient (Wildman–Crippen LogP) is -0.802. The molecule has 13 heteroatoms. The number of hydrogen-bond acceptors (Lipinski definition) is 7. The van der Waals surface area contributed by atoms with Gasteiger partial charge in [0.05, 0.1) is 25.2 Å². The minimum absolute atomic E-state index is 0.150. The van der Waals surface area contributed by atoms with Crippen molar-refractivity contribution in [3.63, 3.8) is 0 Å². The second-order valence-corrected chi connectivity index (χ2v) is 8.56. The van der Waals surface area contributed by atoms with Gasteiger partial charge < -0.3 is 41.6 Å². The lowest BCUT2D eigenvalue weighted by molar-refractivity contribution is -0.142. The molecule has 1 aromatic carbocycles. The molecular weight excluding hydrogens is 498 g/mol. The Hall–Kier alpha value is -4.23. The summed E-state index contributed by atoms with van der Waals surface area (Å²) < 4.78 is 0. The Kier molecular flexibility index (Phi) is 11.4. The van der Waals surface area contributed by atoms with Gasteiger partial charge in [0.2, 0.25) is 17.7 Å². The van der Waals surface area contributed by atoms with Gasteiger partial charge in [-0.3, -0.25) is 19.2 Å². The third-order valence-electron chi connectivity index (χ3n) is 5.66. The lowest BCUT2D eigenvalue weighted by Crippen LogP contribution is -2.58. The molecule has 0 radical (unpaired) electrons. The van der Waals surface area contributed by atoms with E-state index in [9.17, 15) is 39.3 Å². The third kappa shape index (κ3) is 8.71. The number of carbonyl (C=O) groups is 5. The number of hydrogen-bond donors (Lipinski definition) is 8. The zero-order chi connectivity index (χ0) is 28.2. The number of carboxylic acids is 1. The summed E-state index contributed by atoms with van der Waals surface area (Å²) in [5.41, 5.74) is 0.680. The number of H-pyrrole nitrogens is 1. The molecule has 0 fully saturated rings. The molecule has 2 aromatic rings. The van der Waals surface area contributed by atoms with Crippen LogP contribution >= 0.6 is 0 Å². The van der Waals surface area contributed by atoms with Gasteiger partial charge in [-0.05, 0) is 31.0 Å². The van der Waals surface area contributed by atoms with Gasteiger partial charge in [0, 0.05) is 6.20 Å². The van der Waals surface area contributed by atoms with Gasteiger partial charge in [-0.15, -0.1) is 0 Å². The van der Waals surface area contributed by atoms with Crippen LogP contribution in [0.2, 0.25) is 0 Å². The van der Waals surface area contributed by atoms with Gasteiger partial charge in [-0.25, -0.2) is 4.79 Å². The molecule has 1 heterocycles. The molecule has 8 N–H and O–H groups in total. The first-order chi connectivity index (χ1) is 18.1. The van der Waals surface area contributed by atoms with Crippen molar-refractivity contribution in [1.82, 2.24) is 26.3 Å². The standard InChI is InChI=1S/C25H33N5O8/c1-3-16(25(37)38)27-20(33)12-18(15-8-5-4-6-9-15)28-23(35)19(13-31)29-24(36)21(14(2)32)30-22(34)17-10-7-11-26-17/h4-11,14,16,18-19,21,26,31-32H,3,12-13H2,1-2H3,(H,27,33)(H,28,35)(H,29,36)(H,30,34)(H,37,38)/t14-,16-,18-,19-,21?/m0/s1. The fourth-order valence-corrected chi connectivity index (χ4v) is 3.54. The van der Waals surface area contributed by atoms with Gasteiger partial charge in [-0.1, -0.05) is 37.3 Å². The van der Waals surface area contributed by atoms with Gasteiger partial charge >= 0.3 is 5.97 Å². The van der Waals surface area contributed by atoms with Gasteiger partial charge in [0.1, 0.15) is 23.8 Å². The summed E-state index contributed by atoms with van der Waals surface area (Å²) in [6.07, 6.45) is 0.0188. The summed E-state index contributed by atoms with van der Waals surface area (Å²) >= 11 is 0. The fraction of sp³-hybridized carbons (Fsp3) is 0.400. The van der Waals surface area contributed by atoms with E-state index in [0.717, 1.165) is 0 Å². The van der Waals surface area contributed by atoms with Crippen molar-refractivity contribution in [3.8, 4) is 0 Å². The van der Waals surface area contributed by atoms with Crippen molar-refractivity contribution < 1.29 is 39.3 Å². The average Bonchev–Trinajstić information content (AvgIpc) is 3.43.